The molecule has 1 fully saturated rings. The lowest BCUT2D eigenvalue weighted by Crippen LogP contribution is -2.43. The number of thiocarbonyl (C=S) groups is 1. The van der Waals surface area contributed by atoms with Crippen molar-refractivity contribution in [3.05, 3.63) is 0 Å². The molecule has 0 amide bonds. The molecule has 1 rings (SSSR count). The van der Waals surface area contributed by atoms with Gasteiger partial charge in [0.1, 0.15) is 0 Å². The molecule has 0 radical (unpaired) electrons. The average molecular weight is 144 g/mol. The molecule has 9 heavy (non-hydrogen) atoms. The molecule has 0 aromatic heterocycles. The minimum atomic E-state index is 0.314. The molecule has 0 aromatic carbocycles. The molecule has 1 unspecified atom stereocenters. The minimum Gasteiger partial charge on any atom is -0.392 e. The quantitative estimate of drug-likeness (QED) is 0.524. The normalized spacial score (nSPS) is 27.8. The van der Waals surface area contributed by atoms with Gasteiger partial charge in [0.05, 0.1) is 11.0 Å². The minimum absolute atomic E-state index is 0.314. The Labute approximate surface area is 60.8 Å². The van der Waals surface area contributed by atoms with E-state index in [1.54, 1.807) is 0 Å². The van der Waals surface area contributed by atoms with Crippen LogP contribution in [0.5, 0.6) is 0 Å². The first-order valence-corrected chi connectivity index (χ1v) is 3.74. The van der Waals surface area contributed by atoms with E-state index in [0.29, 0.717) is 11.0 Å². The average Bonchev–Trinajstić information content (AvgIpc) is 1.90. The van der Waals surface area contributed by atoms with Crippen molar-refractivity contribution in [1.82, 2.24) is 5.32 Å². The van der Waals surface area contributed by atoms with Crippen molar-refractivity contribution < 1.29 is 0 Å². The third-order valence-electron chi connectivity index (χ3n) is 1.65. The summed E-state index contributed by atoms with van der Waals surface area (Å²) in [6.07, 6.45) is 3.64. The van der Waals surface area contributed by atoms with Crippen LogP contribution in [0, 0.1) is 0 Å². The molecule has 1 atom stereocenters. The van der Waals surface area contributed by atoms with Crippen molar-refractivity contribution in [2.75, 3.05) is 6.54 Å². The van der Waals surface area contributed by atoms with Gasteiger partial charge in [-0.2, -0.15) is 0 Å². The van der Waals surface area contributed by atoms with Crippen molar-refractivity contribution in [3.63, 3.8) is 0 Å². The van der Waals surface area contributed by atoms with E-state index in [-0.39, 0.29) is 0 Å². The predicted molar refractivity (Wildman–Crippen MR) is 42.4 cm³/mol. The highest BCUT2D eigenvalue weighted by Crippen LogP contribution is 2.06. The molecule has 1 aliphatic rings. The summed E-state index contributed by atoms with van der Waals surface area (Å²) in [6.45, 7) is 1.07. The Morgan fingerprint density at radius 2 is 2.33 bits per heavy atom. The van der Waals surface area contributed by atoms with Crippen molar-refractivity contribution >= 4 is 17.2 Å². The second-order valence-corrected chi connectivity index (χ2v) is 2.88. The van der Waals surface area contributed by atoms with Gasteiger partial charge in [-0.1, -0.05) is 18.6 Å². The van der Waals surface area contributed by atoms with E-state index in [2.05, 4.69) is 5.32 Å². The summed E-state index contributed by atoms with van der Waals surface area (Å²) in [7, 11) is 0. The fraction of sp³-hybridized carbons (Fsp3) is 0.833. The van der Waals surface area contributed by atoms with Gasteiger partial charge >= 0.3 is 0 Å². The first-order valence-electron chi connectivity index (χ1n) is 3.33. The van der Waals surface area contributed by atoms with Crippen LogP contribution in [0.3, 0.4) is 0 Å². The van der Waals surface area contributed by atoms with Crippen LogP contribution in [0.4, 0.5) is 0 Å². The molecule has 1 saturated heterocycles. The highest BCUT2D eigenvalue weighted by atomic mass is 32.1. The maximum atomic E-state index is 5.44. The monoisotopic (exact) mass is 144 g/mol. The molecule has 1 aliphatic heterocycles. The molecule has 0 aliphatic carbocycles. The van der Waals surface area contributed by atoms with Crippen molar-refractivity contribution in [1.29, 1.82) is 0 Å². The van der Waals surface area contributed by atoms with Gasteiger partial charge in [-0.05, 0) is 19.4 Å². The molecule has 0 aromatic rings. The van der Waals surface area contributed by atoms with Gasteiger partial charge in [0.25, 0.3) is 0 Å². The van der Waals surface area contributed by atoms with Gasteiger partial charge in [-0.3, -0.25) is 0 Å². The molecular weight excluding hydrogens is 132 g/mol. The lowest BCUT2D eigenvalue weighted by atomic mass is 10.1. The maximum absolute atomic E-state index is 5.44. The van der Waals surface area contributed by atoms with E-state index >= 15 is 0 Å². The summed E-state index contributed by atoms with van der Waals surface area (Å²) in [5, 5.41) is 3.25. The number of rotatable bonds is 1. The summed E-state index contributed by atoms with van der Waals surface area (Å²) < 4.78 is 0. The van der Waals surface area contributed by atoms with Crippen LogP contribution >= 0.6 is 12.2 Å². The van der Waals surface area contributed by atoms with Crippen LogP contribution in [-0.4, -0.2) is 17.6 Å². The van der Waals surface area contributed by atoms with Crippen LogP contribution in [0.25, 0.3) is 0 Å². The van der Waals surface area contributed by atoms with Crippen molar-refractivity contribution in [3.8, 4) is 0 Å². The molecule has 1 heterocycles. The van der Waals surface area contributed by atoms with Crippen LogP contribution in [0.2, 0.25) is 0 Å². The Hall–Kier alpha value is -0.150. The largest absolute Gasteiger partial charge is 0.392 e. The second kappa shape index (κ2) is 3.13. The second-order valence-electron chi connectivity index (χ2n) is 2.40. The number of hydrogen-bond donors (Lipinski definition) is 2. The highest BCUT2D eigenvalue weighted by molar-refractivity contribution is 7.80. The van der Waals surface area contributed by atoms with Gasteiger partial charge in [0, 0.05) is 0 Å². The van der Waals surface area contributed by atoms with E-state index < -0.39 is 0 Å². The maximum Gasteiger partial charge on any atom is 0.0899 e. The standard InChI is InChI=1S/C6H12N2S/c7-6(9)5-3-1-2-4-8-5/h5,8H,1-4H2,(H2,7,9). The zero-order valence-corrected chi connectivity index (χ0v) is 6.21. The first kappa shape index (κ1) is 6.96. The van der Waals surface area contributed by atoms with Gasteiger partial charge in [0.2, 0.25) is 0 Å². The smallest absolute Gasteiger partial charge is 0.0899 e. The Morgan fingerprint density at radius 1 is 1.56 bits per heavy atom. The van der Waals surface area contributed by atoms with Crippen LogP contribution < -0.4 is 11.1 Å². The number of nitrogens with two attached hydrogens (primary N) is 1. The topological polar surface area (TPSA) is 38.0 Å². The van der Waals surface area contributed by atoms with Crippen LogP contribution in [0.1, 0.15) is 19.3 Å². The Bertz CT molecular complexity index is 108. The third-order valence-corrected chi connectivity index (χ3v) is 1.94. The zero-order chi connectivity index (χ0) is 6.69. The molecular formula is C6H12N2S. The van der Waals surface area contributed by atoms with Gasteiger partial charge in [-0.25, -0.2) is 0 Å². The van der Waals surface area contributed by atoms with E-state index in [4.69, 9.17) is 18.0 Å². The Balaban J connectivity index is 2.31. The predicted octanol–water partition coefficient (Wildman–Crippen LogP) is 0.415. The molecule has 0 saturated carbocycles. The summed E-state index contributed by atoms with van der Waals surface area (Å²) in [5.41, 5.74) is 5.44. The van der Waals surface area contributed by atoms with Gasteiger partial charge < -0.3 is 11.1 Å². The molecule has 3 heteroatoms. The molecule has 0 spiro atoms. The summed E-state index contributed by atoms with van der Waals surface area (Å²) in [6, 6.07) is 0.314. The first-order chi connectivity index (χ1) is 4.30. The van der Waals surface area contributed by atoms with E-state index in [9.17, 15) is 0 Å². The van der Waals surface area contributed by atoms with Crippen molar-refractivity contribution in [2.24, 2.45) is 5.73 Å². The summed E-state index contributed by atoms with van der Waals surface area (Å²) >= 11 is 4.83. The van der Waals surface area contributed by atoms with E-state index in [1.165, 1.54) is 12.8 Å². The highest BCUT2D eigenvalue weighted by Gasteiger charge is 2.13. The number of hydrogen-bond acceptors (Lipinski definition) is 2. The number of piperidine rings is 1. The van der Waals surface area contributed by atoms with Crippen molar-refractivity contribution in [2.45, 2.75) is 25.3 Å². The Kier molecular flexibility index (Phi) is 2.42. The van der Waals surface area contributed by atoms with Crippen LogP contribution in [-0.2, 0) is 0 Å². The lowest BCUT2D eigenvalue weighted by molar-refractivity contribution is 0.473. The van der Waals surface area contributed by atoms with Crippen LogP contribution in [0.15, 0.2) is 0 Å². The number of nitrogens with one attached hydrogen (secondary N) is 1. The summed E-state index contributed by atoms with van der Waals surface area (Å²) in [5.74, 6) is 0. The molecule has 2 nitrogen and oxygen atoms in total. The van der Waals surface area contributed by atoms with Gasteiger partial charge in [-0.15, -0.1) is 0 Å². The fourth-order valence-electron chi connectivity index (χ4n) is 1.09. The van der Waals surface area contributed by atoms with E-state index in [0.717, 1.165) is 13.0 Å². The zero-order valence-electron chi connectivity index (χ0n) is 5.39. The third kappa shape index (κ3) is 1.91. The molecule has 52 valence electrons. The van der Waals surface area contributed by atoms with E-state index in [1.807, 2.05) is 0 Å². The van der Waals surface area contributed by atoms with Gasteiger partial charge in [0.15, 0.2) is 0 Å². The molecule has 0 bridgehead atoms. The Morgan fingerprint density at radius 3 is 2.67 bits per heavy atom. The SMILES string of the molecule is NC(=S)C1CCCCN1. The molecule has 3 N–H and O–H groups in total. The lowest BCUT2D eigenvalue weighted by Gasteiger charge is -2.21. The fourth-order valence-corrected chi connectivity index (χ4v) is 1.30. The summed E-state index contributed by atoms with van der Waals surface area (Å²) in [4.78, 5) is 0.620.